The van der Waals surface area contributed by atoms with Gasteiger partial charge in [0.15, 0.2) is 0 Å². The minimum atomic E-state index is -0.343. The van der Waals surface area contributed by atoms with Crippen LogP contribution in [0.3, 0.4) is 0 Å². The maximum atomic E-state index is 13.4. The second kappa shape index (κ2) is 10.8. The Morgan fingerprint density at radius 2 is 2.17 bits per heavy atom. The highest BCUT2D eigenvalue weighted by Crippen LogP contribution is 2.18. The van der Waals surface area contributed by atoms with Crippen LogP contribution in [0.15, 0.2) is 24.3 Å². The SMILES string of the molecule is C[C@H]1OCCN[C@@H]1C(=O)NCC(c1cccc(F)c1)N(C)C.Cl.Cl. The number of nitrogens with zero attached hydrogens (tertiary/aromatic N) is 1. The smallest absolute Gasteiger partial charge is 0.239 e. The molecule has 0 spiro atoms. The summed E-state index contributed by atoms with van der Waals surface area (Å²) in [5, 5.41) is 6.10. The molecule has 0 saturated carbocycles. The summed E-state index contributed by atoms with van der Waals surface area (Å²) < 4.78 is 18.9. The highest BCUT2D eigenvalue weighted by Gasteiger charge is 2.28. The van der Waals surface area contributed by atoms with Gasteiger partial charge in [-0.1, -0.05) is 12.1 Å². The predicted molar refractivity (Wildman–Crippen MR) is 97.5 cm³/mol. The van der Waals surface area contributed by atoms with Crippen molar-refractivity contribution >= 4 is 30.7 Å². The monoisotopic (exact) mass is 381 g/mol. The second-order valence-electron chi connectivity index (χ2n) is 5.79. The molecule has 1 unspecified atom stereocenters. The van der Waals surface area contributed by atoms with E-state index in [1.807, 2.05) is 32.0 Å². The first-order valence-corrected chi connectivity index (χ1v) is 7.53. The number of amides is 1. The van der Waals surface area contributed by atoms with E-state index in [0.29, 0.717) is 19.7 Å². The van der Waals surface area contributed by atoms with Gasteiger partial charge in [-0.15, -0.1) is 24.8 Å². The van der Waals surface area contributed by atoms with E-state index in [4.69, 9.17) is 4.74 Å². The zero-order valence-electron chi connectivity index (χ0n) is 14.1. The third kappa shape index (κ3) is 6.18. The Hall–Kier alpha value is -0.920. The molecule has 24 heavy (non-hydrogen) atoms. The lowest BCUT2D eigenvalue weighted by atomic mass is 10.1. The van der Waals surface area contributed by atoms with Crippen molar-refractivity contribution in [3.8, 4) is 0 Å². The van der Waals surface area contributed by atoms with Crippen LogP contribution in [-0.4, -0.2) is 56.7 Å². The quantitative estimate of drug-likeness (QED) is 0.815. The molecule has 138 valence electrons. The van der Waals surface area contributed by atoms with Crippen LogP contribution in [0, 0.1) is 5.82 Å². The summed E-state index contributed by atoms with van der Waals surface area (Å²) in [7, 11) is 3.82. The molecule has 1 fully saturated rings. The van der Waals surface area contributed by atoms with Gasteiger partial charge < -0.3 is 20.3 Å². The molecule has 1 aliphatic rings. The summed E-state index contributed by atoms with van der Waals surface area (Å²) >= 11 is 0. The number of hydrogen-bond donors (Lipinski definition) is 2. The Bertz CT molecular complexity index is 520. The van der Waals surface area contributed by atoms with Crippen molar-refractivity contribution in [3.63, 3.8) is 0 Å². The van der Waals surface area contributed by atoms with Crippen molar-refractivity contribution in [2.75, 3.05) is 33.8 Å². The number of ether oxygens (including phenoxy) is 1. The number of likely N-dealkylation sites (N-methyl/N-ethyl adjacent to an activating group) is 1. The number of benzene rings is 1. The number of morpholine rings is 1. The van der Waals surface area contributed by atoms with E-state index >= 15 is 0 Å². The normalized spacial score (nSPS) is 21.4. The number of halogens is 3. The van der Waals surface area contributed by atoms with E-state index in [0.717, 1.165) is 5.56 Å². The van der Waals surface area contributed by atoms with Crippen LogP contribution in [0.5, 0.6) is 0 Å². The molecule has 1 heterocycles. The van der Waals surface area contributed by atoms with Gasteiger partial charge in [0.2, 0.25) is 5.91 Å². The van der Waals surface area contributed by atoms with E-state index in [-0.39, 0.29) is 54.7 Å². The van der Waals surface area contributed by atoms with Crippen molar-refractivity contribution in [1.29, 1.82) is 0 Å². The van der Waals surface area contributed by atoms with Gasteiger partial charge in [-0.05, 0) is 38.7 Å². The molecular formula is C16H26Cl2FN3O2. The minimum Gasteiger partial charge on any atom is -0.375 e. The topological polar surface area (TPSA) is 53.6 Å². The molecule has 5 nitrogen and oxygen atoms in total. The average Bonchev–Trinajstić information content (AvgIpc) is 2.47. The summed E-state index contributed by atoms with van der Waals surface area (Å²) in [5.41, 5.74) is 0.839. The Morgan fingerprint density at radius 3 is 2.75 bits per heavy atom. The van der Waals surface area contributed by atoms with Crippen molar-refractivity contribution in [3.05, 3.63) is 35.6 Å². The van der Waals surface area contributed by atoms with E-state index in [2.05, 4.69) is 10.6 Å². The molecule has 1 aromatic rings. The summed E-state index contributed by atoms with van der Waals surface area (Å²) in [6.07, 6.45) is -0.152. The third-order valence-corrected chi connectivity index (χ3v) is 3.93. The van der Waals surface area contributed by atoms with E-state index in [1.54, 1.807) is 6.07 Å². The number of hydrogen-bond acceptors (Lipinski definition) is 4. The molecule has 1 amide bonds. The Morgan fingerprint density at radius 1 is 1.46 bits per heavy atom. The number of carbonyl (C=O) groups excluding carboxylic acids is 1. The molecule has 0 radical (unpaired) electrons. The van der Waals surface area contributed by atoms with Crippen LogP contribution in [0.2, 0.25) is 0 Å². The van der Waals surface area contributed by atoms with Gasteiger partial charge in [0.1, 0.15) is 11.9 Å². The number of rotatable bonds is 5. The first-order valence-electron chi connectivity index (χ1n) is 7.53. The van der Waals surface area contributed by atoms with E-state index in [9.17, 15) is 9.18 Å². The highest BCUT2D eigenvalue weighted by molar-refractivity contribution is 5.85. The minimum absolute atomic E-state index is 0. The Balaban J connectivity index is 0.00000264. The van der Waals surface area contributed by atoms with Gasteiger partial charge in [0, 0.05) is 13.1 Å². The molecule has 1 aliphatic heterocycles. The van der Waals surface area contributed by atoms with Crippen molar-refractivity contribution in [1.82, 2.24) is 15.5 Å². The van der Waals surface area contributed by atoms with Gasteiger partial charge in [-0.3, -0.25) is 4.79 Å². The summed E-state index contributed by atoms with van der Waals surface area (Å²) in [5.74, 6) is -0.359. The van der Waals surface area contributed by atoms with Crippen molar-refractivity contribution in [2.24, 2.45) is 0 Å². The number of nitrogens with one attached hydrogen (secondary N) is 2. The second-order valence-corrected chi connectivity index (χ2v) is 5.79. The lowest BCUT2D eigenvalue weighted by molar-refractivity contribution is -0.129. The van der Waals surface area contributed by atoms with Crippen LogP contribution >= 0.6 is 24.8 Å². The molecule has 3 atom stereocenters. The predicted octanol–water partition coefficient (Wildman–Crippen LogP) is 1.77. The lowest BCUT2D eigenvalue weighted by Gasteiger charge is -2.31. The van der Waals surface area contributed by atoms with Gasteiger partial charge in [0.05, 0.1) is 18.8 Å². The van der Waals surface area contributed by atoms with Gasteiger partial charge >= 0.3 is 0 Å². The van der Waals surface area contributed by atoms with Crippen LogP contribution < -0.4 is 10.6 Å². The fourth-order valence-electron chi connectivity index (χ4n) is 2.65. The molecular weight excluding hydrogens is 356 g/mol. The summed E-state index contributed by atoms with van der Waals surface area (Å²) in [6.45, 7) is 3.59. The molecule has 1 saturated heterocycles. The lowest BCUT2D eigenvalue weighted by Crippen LogP contribution is -2.56. The fourth-order valence-corrected chi connectivity index (χ4v) is 2.65. The van der Waals surface area contributed by atoms with Gasteiger partial charge in [-0.2, -0.15) is 0 Å². The molecule has 0 aromatic heterocycles. The highest BCUT2D eigenvalue weighted by atomic mass is 35.5. The zero-order chi connectivity index (χ0) is 16.1. The van der Waals surface area contributed by atoms with Crippen LogP contribution in [0.4, 0.5) is 4.39 Å². The Kier molecular flexibility index (Phi) is 10.4. The van der Waals surface area contributed by atoms with Gasteiger partial charge in [-0.25, -0.2) is 4.39 Å². The number of carbonyl (C=O) groups is 1. The molecule has 2 N–H and O–H groups in total. The van der Waals surface area contributed by atoms with Crippen molar-refractivity contribution in [2.45, 2.75) is 25.1 Å². The average molecular weight is 382 g/mol. The molecule has 2 rings (SSSR count). The molecule has 0 aliphatic carbocycles. The summed E-state index contributed by atoms with van der Waals surface area (Å²) in [4.78, 5) is 14.2. The maximum absolute atomic E-state index is 13.4. The van der Waals surface area contributed by atoms with E-state index < -0.39 is 0 Å². The zero-order valence-corrected chi connectivity index (χ0v) is 15.8. The summed E-state index contributed by atoms with van der Waals surface area (Å²) in [6, 6.07) is 6.04. The first kappa shape index (κ1) is 23.1. The first-order chi connectivity index (χ1) is 10.5. The molecule has 0 bridgehead atoms. The molecule has 1 aromatic carbocycles. The van der Waals surface area contributed by atoms with Crippen LogP contribution in [-0.2, 0) is 9.53 Å². The third-order valence-electron chi connectivity index (χ3n) is 3.93. The van der Waals surface area contributed by atoms with Gasteiger partial charge in [0.25, 0.3) is 0 Å². The van der Waals surface area contributed by atoms with E-state index in [1.165, 1.54) is 12.1 Å². The van der Waals surface area contributed by atoms with Crippen LogP contribution in [0.25, 0.3) is 0 Å². The Labute approximate surface area is 155 Å². The molecule has 8 heteroatoms. The standard InChI is InChI=1S/C16H24FN3O2.2ClH/c1-11-15(18-7-8-22-11)16(21)19-10-14(20(2)3)12-5-4-6-13(17)9-12;;/h4-6,9,11,14-15,18H,7-8,10H2,1-3H3,(H,19,21);2*1H/t11-,14?,15+;;/m1../s1. The maximum Gasteiger partial charge on any atom is 0.239 e. The van der Waals surface area contributed by atoms with Crippen molar-refractivity contribution < 1.29 is 13.9 Å². The van der Waals surface area contributed by atoms with Crippen LogP contribution in [0.1, 0.15) is 18.5 Å². The largest absolute Gasteiger partial charge is 0.375 e. The fraction of sp³-hybridized carbons (Fsp3) is 0.562.